The van der Waals surface area contributed by atoms with Gasteiger partial charge in [0.05, 0.1) is 0 Å². The summed E-state index contributed by atoms with van der Waals surface area (Å²) in [6.07, 6.45) is 0. The van der Waals surface area contributed by atoms with Gasteiger partial charge < -0.3 is 10.4 Å². The first-order chi connectivity index (χ1) is 8.82. The largest absolute Gasteiger partial charge is 0.478 e. The van der Waals surface area contributed by atoms with E-state index >= 15 is 0 Å². The van der Waals surface area contributed by atoms with Crippen LogP contribution in [0.1, 0.15) is 38.1 Å². The summed E-state index contributed by atoms with van der Waals surface area (Å²) in [5.41, 5.74) is 0.149. The number of hydrogen-bond acceptors (Lipinski definition) is 3. The Balaban J connectivity index is 2.87. The van der Waals surface area contributed by atoms with E-state index < -0.39 is 5.97 Å². The van der Waals surface area contributed by atoms with Crippen LogP contribution in [0.3, 0.4) is 0 Å². The van der Waals surface area contributed by atoms with Crippen molar-refractivity contribution in [3.8, 4) is 0 Å². The van der Waals surface area contributed by atoms with Crippen molar-refractivity contribution < 1.29 is 9.90 Å². The van der Waals surface area contributed by atoms with Gasteiger partial charge >= 0.3 is 5.97 Å². The Morgan fingerprint density at radius 1 is 1.32 bits per heavy atom. The lowest BCUT2D eigenvalue weighted by Gasteiger charge is -2.25. The second-order valence-corrected chi connectivity index (χ2v) is 5.76. The number of anilines is 1. The summed E-state index contributed by atoms with van der Waals surface area (Å²) in [5.74, 6) is 0.811. The molecule has 1 heterocycles. The molecule has 0 saturated carbocycles. The van der Waals surface area contributed by atoms with Gasteiger partial charge in [-0.25, -0.2) is 9.78 Å². The molecule has 0 bridgehead atoms. The first-order valence-corrected chi connectivity index (χ1v) is 6.84. The van der Waals surface area contributed by atoms with E-state index in [1.54, 1.807) is 0 Å². The molecule has 0 aromatic carbocycles. The minimum absolute atomic E-state index is 0.149. The number of carbonyl (C=O) groups is 1. The van der Waals surface area contributed by atoms with Gasteiger partial charge in [-0.1, -0.05) is 39.3 Å². The van der Waals surface area contributed by atoms with Crippen molar-refractivity contribution in [1.29, 1.82) is 0 Å². The van der Waals surface area contributed by atoms with Crippen LogP contribution in [0.15, 0.2) is 12.1 Å². The summed E-state index contributed by atoms with van der Waals surface area (Å²) in [4.78, 5) is 15.2. The molecular weight excluding hydrogens is 264 g/mol. The van der Waals surface area contributed by atoms with E-state index in [1.165, 1.54) is 12.1 Å². The van der Waals surface area contributed by atoms with E-state index in [9.17, 15) is 4.79 Å². The molecule has 106 valence electrons. The fraction of sp³-hybridized carbons (Fsp3) is 0.571. The lowest BCUT2D eigenvalue weighted by atomic mass is 9.85. The Kier molecular flexibility index (Phi) is 5.60. The standard InChI is InChI=1S/C14H21ClN2O2/c1-8(2)11(9(3)4)7-16-13-10(14(18)19)5-6-12(15)17-13/h5-6,8-9,11H,7H2,1-4H3,(H,16,17)(H,18,19). The van der Waals surface area contributed by atoms with E-state index in [4.69, 9.17) is 16.7 Å². The fourth-order valence-corrected chi connectivity index (χ4v) is 2.35. The SMILES string of the molecule is CC(C)C(CNc1nc(Cl)ccc1C(=O)O)C(C)C. The van der Waals surface area contributed by atoms with Gasteiger partial charge in [0.25, 0.3) is 0 Å². The molecule has 0 fully saturated rings. The number of aromatic carboxylic acids is 1. The first-order valence-electron chi connectivity index (χ1n) is 6.46. The number of aromatic nitrogens is 1. The molecule has 19 heavy (non-hydrogen) atoms. The van der Waals surface area contributed by atoms with Crippen LogP contribution in [0.4, 0.5) is 5.82 Å². The third kappa shape index (κ3) is 4.39. The molecule has 0 aliphatic rings. The second-order valence-electron chi connectivity index (χ2n) is 5.37. The molecule has 5 heteroatoms. The van der Waals surface area contributed by atoms with Crippen molar-refractivity contribution in [2.24, 2.45) is 17.8 Å². The van der Waals surface area contributed by atoms with Gasteiger partial charge in [-0.15, -0.1) is 0 Å². The molecular formula is C14H21ClN2O2. The van der Waals surface area contributed by atoms with E-state index in [2.05, 4.69) is 38.0 Å². The zero-order valence-electron chi connectivity index (χ0n) is 11.8. The van der Waals surface area contributed by atoms with Crippen LogP contribution >= 0.6 is 11.6 Å². The zero-order chi connectivity index (χ0) is 14.6. The van der Waals surface area contributed by atoms with E-state index in [0.29, 0.717) is 30.1 Å². The second kappa shape index (κ2) is 6.75. The maximum Gasteiger partial charge on any atom is 0.339 e. The minimum atomic E-state index is -1.00. The molecule has 1 rings (SSSR count). The van der Waals surface area contributed by atoms with Crippen molar-refractivity contribution in [2.75, 3.05) is 11.9 Å². The molecule has 2 N–H and O–H groups in total. The molecule has 4 nitrogen and oxygen atoms in total. The van der Waals surface area contributed by atoms with Crippen LogP contribution in [0.25, 0.3) is 0 Å². The highest BCUT2D eigenvalue weighted by Crippen LogP contribution is 2.22. The van der Waals surface area contributed by atoms with Crippen LogP contribution in [0, 0.1) is 17.8 Å². The highest BCUT2D eigenvalue weighted by Gasteiger charge is 2.19. The highest BCUT2D eigenvalue weighted by atomic mass is 35.5. The van der Waals surface area contributed by atoms with E-state index in [-0.39, 0.29) is 10.7 Å². The number of hydrogen-bond donors (Lipinski definition) is 2. The Morgan fingerprint density at radius 2 is 1.89 bits per heavy atom. The fourth-order valence-electron chi connectivity index (χ4n) is 2.20. The summed E-state index contributed by atoms with van der Waals surface area (Å²) in [6, 6.07) is 2.96. The van der Waals surface area contributed by atoms with Crippen molar-refractivity contribution in [3.05, 3.63) is 22.8 Å². The summed E-state index contributed by atoms with van der Waals surface area (Å²) >= 11 is 5.82. The summed E-state index contributed by atoms with van der Waals surface area (Å²) in [6.45, 7) is 9.33. The molecule has 0 saturated heterocycles. The third-order valence-corrected chi connectivity index (χ3v) is 3.52. The van der Waals surface area contributed by atoms with Gasteiger partial charge in [0.15, 0.2) is 0 Å². The molecule has 1 aromatic rings. The number of rotatable bonds is 6. The average molecular weight is 285 g/mol. The number of nitrogens with one attached hydrogen (secondary N) is 1. The summed E-state index contributed by atoms with van der Waals surface area (Å²) < 4.78 is 0. The first kappa shape index (κ1) is 15.8. The van der Waals surface area contributed by atoms with Crippen LogP contribution in [-0.2, 0) is 0 Å². The topological polar surface area (TPSA) is 62.2 Å². The summed E-state index contributed by atoms with van der Waals surface area (Å²) in [5, 5.41) is 12.5. The van der Waals surface area contributed by atoms with Gasteiger partial charge in [-0.3, -0.25) is 0 Å². The lowest BCUT2D eigenvalue weighted by molar-refractivity contribution is 0.0697. The molecule has 0 aliphatic carbocycles. The van der Waals surface area contributed by atoms with E-state index in [0.717, 1.165) is 0 Å². The highest BCUT2D eigenvalue weighted by molar-refractivity contribution is 6.29. The Morgan fingerprint density at radius 3 is 2.37 bits per heavy atom. The predicted octanol–water partition coefficient (Wildman–Crippen LogP) is 3.77. The quantitative estimate of drug-likeness (QED) is 0.781. The van der Waals surface area contributed by atoms with Crippen molar-refractivity contribution >= 4 is 23.4 Å². The summed E-state index contributed by atoms with van der Waals surface area (Å²) in [7, 11) is 0. The predicted molar refractivity (Wildman–Crippen MR) is 77.9 cm³/mol. The Labute approximate surface area is 119 Å². The lowest BCUT2D eigenvalue weighted by Crippen LogP contribution is -2.25. The smallest absolute Gasteiger partial charge is 0.339 e. The number of halogens is 1. The van der Waals surface area contributed by atoms with Gasteiger partial charge in [0, 0.05) is 6.54 Å². The van der Waals surface area contributed by atoms with Gasteiger partial charge in [0.1, 0.15) is 16.5 Å². The number of nitrogens with zero attached hydrogens (tertiary/aromatic N) is 1. The molecule has 0 spiro atoms. The zero-order valence-corrected chi connectivity index (χ0v) is 12.5. The number of pyridine rings is 1. The third-order valence-electron chi connectivity index (χ3n) is 3.31. The monoisotopic (exact) mass is 284 g/mol. The van der Waals surface area contributed by atoms with Crippen molar-refractivity contribution in [3.63, 3.8) is 0 Å². The molecule has 1 aromatic heterocycles. The van der Waals surface area contributed by atoms with Gasteiger partial charge in [-0.2, -0.15) is 0 Å². The Hall–Kier alpha value is -1.29. The van der Waals surface area contributed by atoms with Crippen LogP contribution < -0.4 is 5.32 Å². The maximum absolute atomic E-state index is 11.1. The number of carboxylic acids is 1. The van der Waals surface area contributed by atoms with E-state index in [1.807, 2.05) is 0 Å². The molecule has 0 radical (unpaired) electrons. The minimum Gasteiger partial charge on any atom is -0.478 e. The Bertz CT molecular complexity index is 439. The van der Waals surface area contributed by atoms with Crippen LogP contribution in [0.5, 0.6) is 0 Å². The number of carboxylic acid groups (broad SMARTS) is 1. The van der Waals surface area contributed by atoms with Crippen LogP contribution in [-0.4, -0.2) is 22.6 Å². The normalized spacial score (nSPS) is 11.4. The average Bonchev–Trinajstić information content (AvgIpc) is 2.27. The maximum atomic E-state index is 11.1. The van der Waals surface area contributed by atoms with Crippen molar-refractivity contribution in [1.82, 2.24) is 4.98 Å². The molecule has 0 aliphatic heterocycles. The van der Waals surface area contributed by atoms with Crippen molar-refractivity contribution in [2.45, 2.75) is 27.7 Å². The van der Waals surface area contributed by atoms with Gasteiger partial charge in [-0.05, 0) is 29.9 Å². The molecule has 0 atom stereocenters. The molecule has 0 unspecified atom stereocenters. The van der Waals surface area contributed by atoms with Gasteiger partial charge in [0.2, 0.25) is 0 Å². The van der Waals surface area contributed by atoms with Crippen LogP contribution in [0.2, 0.25) is 5.15 Å². The molecule has 0 amide bonds.